The Kier molecular flexibility index (Phi) is 5.49. The van der Waals surface area contributed by atoms with Crippen LogP contribution in [0.5, 0.6) is 0 Å². The lowest BCUT2D eigenvalue weighted by Crippen LogP contribution is -2.54. The molecule has 0 bridgehead atoms. The SMILES string of the molecule is CC[N+]1([O-])CCC(N(C)C(=O)NC(C)c2cccc3ccccc23)CC1. The van der Waals surface area contributed by atoms with Gasteiger partial charge in [0.25, 0.3) is 0 Å². The summed E-state index contributed by atoms with van der Waals surface area (Å²) in [5, 5.41) is 17.8. The smallest absolute Gasteiger partial charge is 0.317 e. The fourth-order valence-corrected chi connectivity index (χ4v) is 3.89. The molecule has 26 heavy (non-hydrogen) atoms. The summed E-state index contributed by atoms with van der Waals surface area (Å²) in [6.07, 6.45) is 1.54. The Balaban J connectivity index is 1.65. The largest absolute Gasteiger partial charge is 0.633 e. The Morgan fingerprint density at radius 1 is 1.23 bits per heavy atom. The molecule has 1 saturated heterocycles. The van der Waals surface area contributed by atoms with E-state index in [1.54, 1.807) is 4.90 Å². The highest BCUT2D eigenvalue weighted by Gasteiger charge is 2.30. The van der Waals surface area contributed by atoms with Gasteiger partial charge in [-0.05, 0) is 30.2 Å². The molecule has 1 aliphatic rings. The molecule has 0 radical (unpaired) electrons. The third-order valence-corrected chi connectivity index (χ3v) is 5.81. The van der Waals surface area contributed by atoms with Gasteiger partial charge in [0.15, 0.2) is 0 Å². The van der Waals surface area contributed by atoms with Crippen LogP contribution in [0.25, 0.3) is 10.8 Å². The van der Waals surface area contributed by atoms with E-state index in [9.17, 15) is 10.0 Å². The van der Waals surface area contributed by atoms with Crippen LogP contribution in [0.4, 0.5) is 4.79 Å². The zero-order chi connectivity index (χ0) is 18.7. The predicted molar refractivity (Wildman–Crippen MR) is 106 cm³/mol. The number of likely N-dealkylation sites (tertiary alicyclic amines) is 1. The molecule has 0 aromatic heterocycles. The number of urea groups is 1. The number of benzene rings is 2. The average Bonchev–Trinajstić information content (AvgIpc) is 2.67. The van der Waals surface area contributed by atoms with Crippen LogP contribution >= 0.6 is 0 Å². The molecular formula is C21H29N3O2. The van der Waals surface area contributed by atoms with Crippen molar-refractivity contribution in [3.8, 4) is 0 Å². The van der Waals surface area contributed by atoms with Crippen molar-refractivity contribution in [2.75, 3.05) is 26.7 Å². The molecule has 0 saturated carbocycles. The molecule has 1 N–H and O–H groups in total. The minimum absolute atomic E-state index is 0.0715. The van der Waals surface area contributed by atoms with E-state index in [1.165, 1.54) is 10.8 Å². The molecule has 140 valence electrons. The van der Waals surface area contributed by atoms with Gasteiger partial charge in [-0.1, -0.05) is 42.5 Å². The van der Waals surface area contributed by atoms with Gasteiger partial charge in [0.2, 0.25) is 0 Å². The fraction of sp³-hybridized carbons (Fsp3) is 0.476. The van der Waals surface area contributed by atoms with Crippen LogP contribution in [-0.2, 0) is 0 Å². The highest BCUT2D eigenvalue weighted by Crippen LogP contribution is 2.25. The Morgan fingerprint density at radius 2 is 1.88 bits per heavy atom. The van der Waals surface area contributed by atoms with Crippen molar-refractivity contribution in [2.24, 2.45) is 0 Å². The number of nitrogens with one attached hydrogen (secondary N) is 1. The van der Waals surface area contributed by atoms with Gasteiger partial charge in [-0.15, -0.1) is 0 Å². The summed E-state index contributed by atoms with van der Waals surface area (Å²) in [7, 11) is 1.84. The number of rotatable bonds is 4. The van der Waals surface area contributed by atoms with Crippen molar-refractivity contribution >= 4 is 16.8 Å². The molecule has 1 aliphatic heterocycles. The van der Waals surface area contributed by atoms with E-state index < -0.39 is 0 Å². The van der Waals surface area contributed by atoms with Gasteiger partial charge >= 0.3 is 6.03 Å². The number of hydroxylamine groups is 3. The first-order chi connectivity index (χ1) is 12.4. The van der Waals surface area contributed by atoms with Crippen LogP contribution in [0.2, 0.25) is 0 Å². The van der Waals surface area contributed by atoms with Crippen molar-refractivity contribution in [2.45, 2.75) is 38.8 Å². The van der Waals surface area contributed by atoms with E-state index in [4.69, 9.17) is 0 Å². The second-order valence-corrected chi connectivity index (χ2v) is 7.40. The monoisotopic (exact) mass is 355 g/mol. The number of fused-ring (bicyclic) bond motifs is 1. The van der Waals surface area contributed by atoms with Crippen molar-refractivity contribution < 1.29 is 9.44 Å². The zero-order valence-corrected chi connectivity index (χ0v) is 15.9. The maximum Gasteiger partial charge on any atom is 0.317 e. The van der Waals surface area contributed by atoms with Crippen molar-refractivity contribution in [3.63, 3.8) is 0 Å². The van der Waals surface area contributed by atoms with E-state index in [0.717, 1.165) is 18.4 Å². The number of quaternary nitrogens is 1. The summed E-state index contributed by atoms with van der Waals surface area (Å²) in [5.74, 6) is 0. The highest BCUT2D eigenvalue weighted by atomic mass is 16.5. The lowest BCUT2D eigenvalue weighted by atomic mass is 9.99. The maximum absolute atomic E-state index is 12.7. The molecular weight excluding hydrogens is 326 g/mol. The zero-order valence-electron chi connectivity index (χ0n) is 15.9. The summed E-state index contributed by atoms with van der Waals surface area (Å²) in [6, 6.07) is 14.4. The lowest BCUT2D eigenvalue weighted by molar-refractivity contribution is -0.884. The number of carbonyl (C=O) groups excluding carboxylic acids is 1. The molecule has 1 unspecified atom stereocenters. The third kappa shape index (κ3) is 3.84. The number of hydrogen-bond donors (Lipinski definition) is 1. The molecule has 1 heterocycles. The number of hydrogen-bond acceptors (Lipinski definition) is 2. The van der Waals surface area contributed by atoms with Crippen LogP contribution in [-0.4, -0.2) is 48.3 Å². The minimum Gasteiger partial charge on any atom is -0.633 e. The molecule has 0 aliphatic carbocycles. The van der Waals surface area contributed by atoms with Gasteiger partial charge in [-0.25, -0.2) is 4.79 Å². The number of carbonyl (C=O) groups is 1. The summed E-state index contributed by atoms with van der Waals surface area (Å²) < 4.78 is -0.127. The van der Waals surface area contributed by atoms with E-state index in [-0.39, 0.29) is 22.8 Å². The van der Waals surface area contributed by atoms with E-state index in [1.807, 2.05) is 39.1 Å². The Hall–Kier alpha value is -2.11. The van der Waals surface area contributed by atoms with Gasteiger partial charge in [0.1, 0.15) is 0 Å². The lowest BCUT2D eigenvalue weighted by Gasteiger charge is -2.48. The number of amides is 2. The number of nitrogens with zero attached hydrogens (tertiary/aromatic N) is 2. The van der Waals surface area contributed by atoms with Gasteiger partial charge in [0, 0.05) is 25.9 Å². The molecule has 0 spiro atoms. The molecule has 5 nitrogen and oxygen atoms in total. The van der Waals surface area contributed by atoms with Gasteiger partial charge < -0.3 is 20.1 Å². The standard InChI is InChI=1S/C21H29N3O2/c1-4-24(26)14-12-18(13-15-24)23(3)21(25)22-16(2)19-11-7-9-17-8-5-6-10-20(17)19/h5-11,16,18H,4,12-15H2,1-3H3,(H,22,25). The molecule has 2 aromatic carbocycles. The Bertz CT molecular complexity index is 763. The second kappa shape index (κ2) is 7.64. The molecule has 2 amide bonds. The molecule has 2 aromatic rings. The van der Waals surface area contributed by atoms with Crippen molar-refractivity contribution in [1.82, 2.24) is 10.2 Å². The Labute approximate surface area is 155 Å². The van der Waals surface area contributed by atoms with Crippen LogP contribution in [0.1, 0.15) is 38.3 Å². The molecule has 1 atom stereocenters. The van der Waals surface area contributed by atoms with E-state index >= 15 is 0 Å². The van der Waals surface area contributed by atoms with Crippen LogP contribution < -0.4 is 5.32 Å². The Morgan fingerprint density at radius 3 is 2.58 bits per heavy atom. The first kappa shape index (κ1) is 18.7. The summed E-state index contributed by atoms with van der Waals surface area (Å²) in [4.78, 5) is 14.5. The van der Waals surface area contributed by atoms with E-state index in [2.05, 4.69) is 29.6 Å². The first-order valence-electron chi connectivity index (χ1n) is 9.51. The molecule has 5 heteroatoms. The summed E-state index contributed by atoms with van der Waals surface area (Å²) >= 11 is 0. The predicted octanol–water partition coefficient (Wildman–Crippen LogP) is 4.04. The quantitative estimate of drug-likeness (QED) is 0.665. The maximum atomic E-state index is 12.7. The van der Waals surface area contributed by atoms with Gasteiger partial charge in [0.05, 0.1) is 25.7 Å². The summed E-state index contributed by atoms with van der Waals surface area (Å²) in [6.45, 7) is 5.76. The minimum atomic E-state index is -0.127. The molecule has 3 rings (SSSR count). The van der Waals surface area contributed by atoms with Crippen molar-refractivity contribution in [3.05, 3.63) is 53.2 Å². The normalized spacial score (nSPS) is 24.2. The number of piperidine rings is 1. The first-order valence-corrected chi connectivity index (χ1v) is 9.51. The third-order valence-electron chi connectivity index (χ3n) is 5.81. The van der Waals surface area contributed by atoms with Crippen LogP contribution in [0, 0.1) is 5.21 Å². The fourth-order valence-electron chi connectivity index (χ4n) is 3.89. The average molecular weight is 355 g/mol. The topological polar surface area (TPSA) is 55.4 Å². The van der Waals surface area contributed by atoms with E-state index in [0.29, 0.717) is 19.6 Å². The van der Waals surface area contributed by atoms with Crippen LogP contribution in [0.3, 0.4) is 0 Å². The van der Waals surface area contributed by atoms with Gasteiger partial charge in [-0.3, -0.25) is 0 Å². The van der Waals surface area contributed by atoms with Crippen molar-refractivity contribution in [1.29, 1.82) is 0 Å². The van der Waals surface area contributed by atoms with Crippen LogP contribution in [0.15, 0.2) is 42.5 Å². The summed E-state index contributed by atoms with van der Waals surface area (Å²) in [5.41, 5.74) is 1.12. The highest BCUT2D eigenvalue weighted by molar-refractivity contribution is 5.86. The van der Waals surface area contributed by atoms with Gasteiger partial charge in [-0.2, -0.15) is 0 Å². The molecule has 1 fully saturated rings. The second-order valence-electron chi connectivity index (χ2n) is 7.40.